The van der Waals surface area contributed by atoms with E-state index in [1.165, 1.54) is 12.1 Å². The van der Waals surface area contributed by atoms with E-state index in [9.17, 15) is 13.2 Å². The zero-order valence-electron chi connectivity index (χ0n) is 14.1. The van der Waals surface area contributed by atoms with Gasteiger partial charge in [-0.15, -0.1) is 0 Å². The Bertz CT molecular complexity index is 836. The average molecular weight is 411 g/mol. The monoisotopic (exact) mass is 410 g/mol. The highest BCUT2D eigenvalue weighted by Crippen LogP contribution is 2.38. The van der Waals surface area contributed by atoms with Crippen LogP contribution in [0.1, 0.15) is 48.6 Å². The smallest absolute Gasteiger partial charge is 0.264 e. The molecule has 0 N–H and O–H groups in total. The van der Waals surface area contributed by atoms with Gasteiger partial charge in [0, 0.05) is 17.3 Å². The van der Waals surface area contributed by atoms with Gasteiger partial charge in [0.05, 0.1) is 16.2 Å². The Morgan fingerprint density at radius 1 is 1.20 bits per heavy atom. The highest BCUT2D eigenvalue weighted by atomic mass is 79.9. The minimum atomic E-state index is -2.52. The maximum atomic E-state index is 14.1. The summed E-state index contributed by atoms with van der Waals surface area (Å²) in [5, 5.41) is 0. The van der Waals surface area contributed by atoms with Gasteiger partial charge in [0.2, 0.25) is 0 Å². The van der Waals surface area contributed by atoms with Crippen LogP contribution in [0.4, 0.5) is 18.9 Å². The zero-order valence-corrected chi connectivity index (χ0v) is 15.7. The van der Waals surface area contributed by atoms with Crippen molar-refractivity contribution in [1.82, 2.24) is 0 Å². The van der Waals surface area contributed by atoms with Crippen molar-refractivity contribution in [2.75, 3.05) is 4.90 Å². The molecule has 1 aliphatic rings. The largest absolute Gasteiger partial charge is 0.342 e. The number of aliphatic imine (C=N–C) groups is 1. The molecule has 1 unspecified atom stereocenters. The summed E-state index contributed by atoms with van der Waals surface area (Å²) in [5.74, 6) is -0.364. The first kappa shape index (κ1) is 18.0. The third-order valence-electron chi connectivity index (χ3n) is 4.70. The number of anilines is 1. The lowest BCUT2D eigenvalue weighted by Gasteiger charge is -2.39. The molecule has 2 aromatic carbocycles. The predicted octanol–water partition coefficient (Wildman–Crippen LogP) is 6.18. The Hall–Kier alpha value is -1.82. The van der Waals surface area contributed by atoms with Gasteiger partial charge < -0.3 is 4.90 Å². The van der Waals surface area contributed by atoms with Crippen LogP contribution in [0.25, 0.3) is 0 Å². The van der Waals surface area contributed by atoms with Crippen LogP contribution < -0.4 is 4.90 Å². The van der Waals surface area contributed by atoms with E-state index >= 15 is 0 Å². The zero-order chi connectivity index (χ0) is 18.3. The molecule has 0 saturated heterocycles. The van der Waals surface area contributed by atoms with E-state index in [4.69, 9.17) is 0 Å². The third kappa shape index (κ3) is 3.19. The van der Waals surface area contributed by atoms with Crippen LogP contribution in [0.2, 0.25) is 0 Å². The van der Waals surface area contributed by atoms with E-state index in [1.807, 2.05) is 24.8 Å². The first-order valence-electron chi connectivity index (χ1n) is 7.99. The van der Waals surface area contributed by atoms with Crippen LogP contribution >= 0.6 is 15.9 Å². The summed E-state index contributed by atoms with van der Waals surface area (Å²) in [6.45, 7) is 5.54. The Kier molecular flexibility index (Phi) is 4.91. The second-order valence-electron chi connectivity index (χ2n) is 6.18. The molecule has 3 rings (SSSR count). The molecule has 2 nitrogen and oxygen atoms in total. The number of halogens is 4. The highest BCUT2D eigenvalue weighted by Gasteiger charge is 2.28. The minimum Gasteiger partial charge on any atom is -0.342 e. The van der Waals surface area contributed by atoms with Gasteiger partial charge in [0.15, 0.2) is 0 Å². The Balaban J connectivity index is 2.09. The Morgan fingerprint density at radius 2 is 1.88 bits per heavy atom. The van der Waals surface area contributed by atoms with Gasteiger partial charge >= 0.3 is 0 Å². The maximum Gasteiger partial charge on any atom is 0.264 e. The number of hydrogen-bond acceptors (Lipinski definition) is 2. The normalized spacial score (nSPS) is 17.8. The summed E-state index contributed by atoms with van der Waals surface area (Å²) in [6, 6.07) is 7.84. The lowest BCUT2D eigenvalue weighted by atomic mass is 9.95. The van der Waals surface area contributed by atoms with Crippen molar-refractivity contribution in [3.63, 3.8) is 0 Å². The highest BCUT2D eigenvalue weighted by molar-refractivity contribution is 9.10. The summed E-state index contributed by atoms with van der Waals surface area (Å²) in [7, 11) is 0. The number of rotatable bonds is 3. The summed E-state index contributed by atoms with van der Waals surface area (Å²) >= 11 is 3.19. The molecule has 1 aliphatic heterocycles. The van der Waals surface area contributed by atoms with Gasteiger partial charge in [0.25, 0.3) is 6.43 Å². The summed E-state index contributed by atoms with van der Waals surface area (Å²) in [5.41, 5.74) is 2.88. The molecule has 0 spiro atoms. The van der Waals surface area contributed by atoms with Crippen LogP contribution in [-0.4, -0.2) is 12.4 Å². The number of fused-ring (bicyclic) bond motifs is 1. The molecule has 0 saturated carbocycles. The van der Waals surface area contributed by atoms with Gasteiger partial charge in [-0.1, -0.05) is 18.2 Å². The van der Waals surface area contributed by atoms with Crippen LogP contribution in [-0.2, 0) is 0 Å². The van der Waals surface area contributed by atoms with Crippen molar-refractivity contribution >= 4 is 27.8 Å². The number of benzene rings is 2. The summed E-state index contributed by atoms with van der Waals surface area (Å²) in [6.07, 6.45) is -1.03. The van der Waals surface area contributed by atoms with Crippen molar-refractivity contribution in [3.8, 4) is 0 Å². The first-order chi connectivity index (χ1) is 11.8. The average Bonchev–Trinajstić information content (AvgIpc) is 2.56. The van der Waals surface area contributed by atoms with E-state index < -0.39 is 6.43 Å². The Labute approximate surface area is 153 Å². The minimum absolute atomic E-state index is 0.0275. The van der Waals surface area contributed by atoms with Crippen LogP contribution in [0, 0.1) is 12.7 Å². The van der Waals surface area contributed by atoms with Gasteiger partial charge in [-0.05, 0) is 60.0 Å². The molecule has 2 aromatic rings. The van der Waals surface area contributed by atoms with Crippen molar-refractivity contribution in [1.29, 1.82) is 0 Å². The van der Waals surface area contributed by atoms with Crippen molar-refractivity contribution < 1.29 is 13.2 Å². The molecule has 132 valence electrons. The number of nitrogens with zero attached hydrogens (tertiary/aromatic N) is 2. The molecule has 0 radical (unpaired) electrons. The molecule has 1 heterocycles. The van der Waals surface area contributed by atoms with Crippen LogP contribution in [0.15, 0.2) is 39.8 Å². The summed E-state index contributed by atoms with van der Waals surface area (Å²) in [4.78, 5) is 6.43. The molecule has 0 aromatic heterocycles. The fraction of sp³-hybridized carbons (Fsp3) is 0.316. The molecule has 0 bridgehead atoms. The second kappa shape index (κ2) is 6.83. The van der Waals surface area contributed by atoms with Gasteiger partial charge in [-0.25, -0.2) is 13.2 Å². The fourth-order valence-corrected chi connectivity index (χ4v) is 3.74. The first-order valence-corrected chi connectivity index (χ1v) is 8.78. The molecule has 2 atom stereocenters. The predicted molar refractivity (Wildman–Crippen MR) is 98.2 cm³/mol. The molecular formula is C19H18BrF3N2. The SMILES string of the molecule is Cc1c(C(F)F)cccc1C(C)N1c2cc(F)c(Br)cc2C=N[C@@H]1C. The number of alkyl halides is 2. The molecule has 6 heteroatoms. The van der Waals surface area contributed by atoms with Crippen molar-refractivity contribution in [3.05, 3.63) is 62.9 Å². The van der Waals surface area contributed by atoms with E-state index in [1.54, 1.807) is 25.3 Å². The van der Waals surface area contributed by atoms with Gasteiger partial charge in [0.1, 0.15) is 12.0 Å². The van der Waals surface area contributed by atoms with Crippen LogP contribution in [0.5, 0.6) is 0 Å². The third-order valence-corrected chi connectivity index (χ3v) is 5.31. The van der Waals surface area contributed by atoms with Gasteiger partial charge in [-0.2, -0.15) is 0 Å². The van der Waals surface area contributed by atoms with E-state index in [0.29, 0.717) is 15.7 Å². The Morgan fingerprint density at radius 3 is 2.56 bits per heavy atom. The molecular weight excluding hydrogens is 393 g/mol. The molecule has 25 heavy (non-hydrogen) atoms. The topological polar surface area (TPSA) is 15.6 Å². The second-order valence-corrected chi connectivity index (χ2v) is 7.03. The van der Waals surface area contributed by atoms with E-state index in [0.717, 1.165) is 11.1 Å². The quantitative estimate of drug-likeness (QED) is 0.589. The molecule has 0 fully saturated rings. The standard InChI is InChI=1S/C19H18BrF3N2/c1-10-14(5-4-6-15(10)19(22)23)11(2)25-12(3)24-9-13-7-16(20)17(21)8-18(13)25/h4-9,11-12,19H,1-3H3/t11?,12-/m0/s1. The van der Waals surface area contributed by atoms with Crippen molar-refractivity contribution in [2.45, 2.75) is 39.4 Å². The molecule has 0 aliphatic carbocycles. The lowest BCUT2D eigenvalue weighted by molar-refractivity contribution is 0.150. The maximum absolute atomic E-state index is 14.1. The van der Waals surface area contributed by atoms with E-state index in [2.05, 4.69) is 20.9 Å². The van der Waals surface area contributed by atoms with E-state index in [-0.39, 0.29) is 23.6 Å². The lowest BCUT2D eigenvalue weighted by Crippen LogP contribution is -2.37. The van der Waals surface area contributed by atoms with Crippen molar-refractivity contribution in [2.24, 2.45) is 4.99 Å². The molecule has 0 amide bonds. The van der Waals surface area contributed by atoms with Crippen LogP contribution in [0.3, 0.4) is 0 Å². The fourth-order valence-electron chi connectivity index (χ4n) is 3.38. The van der Waals surface area contributed by atoms with Gasteiger partial charge in [-0.3, -0.25) is 4.99 Å². The summed E-state index contributed by atoms with van der Waals surface area (Å²) < 4.78 is 40.9. The number of hydrogen-bond donors (Lipinski definition) is 0.